The maximum absolute atomic E-state index is 13.1. The van der Waals surface area contributed by atoms with Gasteiger partial charge in [0.1, 0.15) is 12.7 Å². The Bertz CT molecular complexity index is 1150. The topological polar surface area (TPSA) is 85.4 Å². The Morgan fingerprint density at radius 1 is 1.06 bits per heavy atom. The summed E-state index contributed by atoms with van der Waals surface area (Å²) in [7, 11) is -2.98. The minimum absolute atomic E-state index is 0.0850. The molecule has 0 saturated carbocycles. The Balaban J connectivity index is 1.83. The Hall–Kier alpha value is -3.33. The summed E-state index contributed by atoms with van der Waals surface area (Å²) in [6.07, 6.45) is 0.0887. The molecule has 1 fully saturated rings. The van der Waals surface area contributed by atoms with Crippen LogP contribution in [0.25, 0.3) is 0 Å². The van der Waals surface area contributed by atoms with Crippen LogP contribution in [0.1, 0.15) is 27.7 Å². The summed E-state index contributed by atoms with van der Waals surface area (Å²) in [6, 6.07) is 20.2. The van der Waals surface area contributed by atoms with Crippen molar-refractivity contribution in [3.05, 3.63) is 85.1 Å². The van der Waals surface area contributed by atoms with Crippen LogP contribution in [0.5, 0.6) is 0 Å². The monoisotopic (exact) mass is 505 g/mol. The number of imide groups is 1. The fourth-order valence-corrected chi connectivity index (χ4v) is 9.46. The Morgan fingerprint density at radius 2 is 1.61 bits per heavy atom. The number of carbonyl (C=O) groups is 3. The van der Waals surface area contributed by atoms with Gasteiger partial charge in [-0.25, -0.2) is 9.69 Å². The predicted molar refractivity (Wildman–Crippen MR) is 138 cm³/mol. The molecule has 0 radical (unpaired) electrons. The van der Waals surface area contributed by atoms with Crippen LogP contribution in [0.3, 0.4) is 0 Å². The number of ketones is 1. The van der Waals surface area contributed by atoms with Gasteiger partial charge in [0.05, 0.1) is 11.8 Å². The van der Waals surface area contributed by atoms with Crippen LogP contribution in [-0.4, -0.2) is 55.9 Å². The fourth-order valence-electron chi connectivity index (χ4n) is 4.84. The number of carbonyl (C=O) groups excluding carboxylic acids is 3. The lowest BCUT2D eigenvalue weighted by Crippen LogP contribution is -2.68. The van der Waals surface area contributed by atoms with Gasteiger partial charge in [0.25, 0.3) is 8.32 Å². The lowest BCUT2D eigenvalue weighted by molar-refractivity contribution is -0.129. The number of Topliss-reactive ketones (excluding diaryl/α,β-unsaturated/α-hetero) is 1. The van der Waals surface area contributed by atoms with Crippen LogP contribution in [0.4, 0.5) is 4.79 Å². The molecule has 1 aliphatic carbocycles. The number of fused-ring (bicyclic) bond motifs is 1. The average molecular weight is 506 g/mol. The first-order valence-electron chi connectivity index (χ1n) is 11.9. The quantitative estimate of drug-likeness (QED) is 0.326. The number of hydrogen-bond donors (Lipinski definition) is 0. The van der Waals surface area contributed by atoms with Gasteiger partial charge in [0.2, 0.25) is 11.7 Å². The van der Waals surface area contributed by atoms with Crippen LogP contribution >= 0.6 is 0 Å². The molecule has 1 heterocycles. The molecule has 4 rings (SSSR count). The number of epoxide rings is 1. The zero-order valence-electron chi connectivity index (χ0n) is 21.0. The van der Waals surface area contributed by atoms with E-state index in [0.29, 0.717) is 0 Å². The summed E-state index contributed by atoms with van der Waals surface area (Å²) >= 11 is 0. The Morgan fingerprint density at radius 3 is 2.08 bits per heavy atom. The molecule has 1 aliphatic heterocycles. The highest BCUT2D eigenvalue weighted by Crippen LogP contribution is 2.43. The number of ether oxygens (including phenoxy) is 2. The molecule has 2 aromatic carbocycles. The van der Waals surface area contributed by atoms with Crippen molar-refractivity contribution in [1.82, 2.24) is 4.90 Å². The van der Waals surface area contributed by atoms with E-state index in [1.165, 1.54) is 13.0 Å². The molecule has 2 aliphatic rings. The molecular formula is C28H31NO6Si. The average Bonchev–Trinajstić information content (AvgIpc) is 3.65. The van der Waals surface area contributed by atoms with Crippen molar-refractivity contribution in [2.24, 2.45) is 0 Å². The molecule has 8 heteroatoms. The molecule has 7 nitrogen and oxygen atoms in total. The highest BCUT2D eigenvalue weighted by molar-refractivity contribution is 6.99. The van der Waals surface area contributed by atoms with E-state index in [9.17, 15) is 14.4 Å². The zero-order chi connectivity index (χ0) is 26.1. The third-order valence-corrected chi connectivity index (χ3v) is 11.5. The summed E-state index contributed by atoms with van der Waals surface area (Å²) in [6.45, 7) is 11.1. The van der Waals surface area contributed by atoms with Crippen molar-refractivity contribution in [3.8, 4) is 0 Å². The van der Waals surface area contributed by atoms with E-state index >= 15 is 0 Å². The fraction of sp³-hybridized carbons (Fsp3) is 0.321. The highest BCUT2D eigenvalue weighted by atomic mass is 28.4. The standard InChI is InChI=1S/C28H31NO6Si/c1-6-17-33-27(32)29(19(2)30)22-18-23(25-26(34-25)24(22)31)35-36(28(3,4)5,20-13-9-7-10-14-20)21-15-11-8-12-16-21/h6-16,18,23,25-26H,1,17H2,2-5H3/t23-,25-,26+/m0/s1. The maximum Gasteiger partial charge on any atom is 0.421 e. The predicted octanol–water partition coefficient (Wildman–Crippen LogP) is 3.34. The van der Waals surface area contributed by atoms with Crippen LogP contribution in [-0.2, 0) is 23.5 Å². The third-order valence-electron chi connectivity index (χ3n) is 6.48. The number of amides is 2. The van der Waals surface area contributed by atoms with E-state index < -0.39 is 44.4 Å². The van der Waals surface area contributed by atoms with Crippen LogP contribution < -0.4 is 10.4 Å². The van der Waals surface area contributed by atoms with Crippen molar-refractivity contribution in [2.75, 3.05) is 6.61 Å². The first-order chi connectivity index (χ1) is 17.1. The van der Waals surface area contributed by atoms with E-state index in [0.717, 1.165) is 15.3 Å². The molecule has 0 unspecified atom stereocenters. The van der Waals surface area contributed by atoms with Gasteiger partial charge in [0, 0.05) is 6.92 Å². The molecule has 36 heavy (non-hydrogen) atoms. The molecule has 0 spiro atoms. The van der Waals surface area contributed by atoms with Gasteiger partial charge in [-0.1, -0.05) is 94.1 Å². The number of nitrogens with zero attached hydrogens (tertiary/aromatic N) is 1. The van der Waals surface area contributed by atoms with Gasteiger partial charge >= 0.3 is 6.09 Å². The summed E-state index contributed by atoms with van der Waals surface area (Å²) in [4.78, 5) is 38.9. The summed E-state index contributed by atoms with van der Waals surface area (Å²) in [5, 5.41) is 1.83. The molecule has 2 aromatic rings. The molecule has 1 saturated heterocycles. The molecular weight excluding hydrogens is 474 g/mol. The Labute approximate surface area is 212 Å². The maximum atomic E-state index is 13.1. The van der Waals surface area contributed by atoms with Gasteiger partial charge in [-0.15, -0.1) is 0 Å². The third kappa shape index (κ3) is 4.59. The molecule has 0 aromatic heterocycles. The number of hydrogen-bond acceptors (Lipinski definition) is 6. The second-order valence-electron chi connectivity index (χ2n) is 9.90. The summed E-state index contributed by atoms with van der Waals surface area (Å²) in [5.74, 6) is -1.07. The normalized spacial score (nSPS) is 21.2. The van der Waals surface area contributed by atoms with E-state index in [2.05, 4.69) is 51.6 Å². The summed E-state index contributed by atoms with van der Waals surface area (Å²) < 4.78 is 17.9. The van der Waals surface area contributed by atoms with E-state index in [4.69, 9.17) is 13.9 Å². The SMILES string of the molecule is C=CCOC(=O)N(C(C)=O)C1=C[C@H](O[Si](c2ccccc2)(c2ccccc2)C(C)(C)C)[C@@H]2O[C@@H]2C1=O. The van der Waals surface area contributed by atoms with Crippen LogP contribution in [0, 0.1) is 0 Å². The number of rotatable bonds is 7. The van der Waals surface area contributed by atoms with Gasteiger partial charge in [-0.3, -0.25) is 9.59 Å². The van der Waals surface area contributed by atoms with Crippen molar-refractivity contribution >= 4 is 36.5 Å². The molecule has 3 atom stereocenters. The zero-order valence-corrected chi connectivity index (χ0v) is 22.0. The van der Waals surface area contributed by atoms with Gasteiger partial charge in [0.15, 0.2) is 6.10 Å². The molecule has 0 bridgehead atoms. The van der Waals surface area contributed by atoms with Gasteiger partial charge in [-0.2, -0.15) is 0 Å². The molecule has 188 valence electrons. The van der Waals surface area contributed by atoms with Crippen LogP contribution in [0.2, 0.25) is 5.04 Å². The second-order valence-corrected chi connectivity index (χ2v) is 14.2. The van der Waals surface area contributed by atoms with E-state index in [1.54, 1.807) is 6.08 Å². The second kappa shape index (κ2) is 9.97. The van der Waals surface area contributed by atoms with Crippen molar-refractivity contribution < 1.29 is 28.3 Å². The Kier molecular flexibility index (Phi) is 7.13. The van der Waals surface area contributed by atoms with Crippen molar-refractivity contribution in [2.45, 2.75) is 51.0 Å². The smallest absolute Gasteiger partial charge is 0.421 e. The first kappa shape index (κ1) is 25.8. The minimum Gasteiger partial charge on any atom is -0.445 e. The highest BCUT2D eigenvalue weighted by Gasteiger charge is 2.60. The minimum atomic E-state index is -2.98. The van der Waals surface area contributed by atoms with Gasteiger partial charge < -0.3 is 13.9 Å². The van der Waals surface area contributed by atoms with Crippen molar-refractivity contribution in [1.29, 1.82) is 0 Å². The van der Waals surface area contributed by atoms with E-state index in [-0.39, 0.29) is 17.3 Å². The first-order valence-corrected chi connectivity index (χ1v) is 13.8. The largest absolute Gasteiger partial charge is 0.445 e. The van der Waals surface area contributed by atoms with Gasteiger partial charge in [-0.05, 0) is 21.5 Å². The molecule has 0 N–H and O–H groups in total. The van der Waals surface area contributed by atoms with E-state index in [1.807, 2.05) is 36.4 Å². The molecule has 2 amide bonds. The van der Waals surface area contributed by atoms with Crippen LogP contribution in [0.15, 0.2) is 85.1 Å². The lowest BCUT2D eigenvalue weighted by atomic mass is 10.00. The van der Waals surface area contributed by atoms with Crippen molar-refractivity contribution in [3.63, 3.8) is 0 Å². The number of benzene rings is 2. The lowest BCUT2D eigenvalue weighted by Gasteiger charge is -2.45. The summed E-state index contributed by atoms with van der Waals surface area (Å²) in [5.41, 5.74) is -0.0850.